The third kappa shape index (κ3) is 6.22. The summed E-state index contributed by atoms with van der Waals surface area (Å²) in [6.07, 6.45) is -6.58. The SMILES string of the molecule is O=C(O)/C=C/c1ccc(C(F)(F)Oc2ccc(OCC(F)(F)F)cc2F)cc1. The van der Waals surface area contributed by atoms with Crippen LogP contribution in [-0.4, -0.2) is 23.9 Å². The average molecular weight is 406 g/mol. The van der Waals surface area contributed by atoms with Crippen molar-refractivity contribution in [3.05, 3.63) is 65.5 Å². The molecule has 0 radical (unpaired) electrons. The molecule has 0 atom stereocenters. The normalized spacial score (nSPS) is 12.2. The summed E-state index contributed by atoms with van der Waals surface area (Å²) in [5, 5.41) is 8.51. The number of carbonyl (C=O) groups is 1. The van der Waals surface area contributed by atoms with Crippen LogP contribution in [0, 0.1) is 5.82 Å². The first-order valence-electron chi connectivity index (χ1n) is 7.54. The molecule has 0 spiro atoms. The van der Waals surface area contributed by atoms with Crippen LogP contribution < -0.4 is 9.47 Å². The Labute approximate surface area is 154 Å². The number of hydrogen-bond donors (Lipinski definition) is 1. The number of carboxylic acid groups (broad SMARTS) is 1. The maximum Gasteiger partial charge on any atom is 0.426 e. The molecule has 0 aliphatic heterocycles. The van der Waals surface area contributed by atoms with Gasteiger partial charge in [-0.25, -0.2) is 9.18 Å². The number of hydrogen-bond acceptors (Lipinski definition) is 3. The number of rotatable bonds is 7. The van der Waals surface area contributed by atoms with Crippen LogP contribution in [0.5, 0.6) is 11.5 Å². The van der Waals surface area contributed by atoms with Gasteiger partial charge in [0.15, 0.2) is 18.2 Å². The molecule has 0 saturated heterocycles. The number of alkyl halides is 5. The van der Waals surface area contributed by atoms with E-state index in [9.17, 15) is 31.1 Å². The number of benzene rings is 2. The summed E-state index contributed by atoms with van der Waals surface area (Å²) in [5.41, 5.74) is -0.309. The van der Waals surface area contributed by atoms with Crippen LogP contribution in [0.15, 0.2) is 48.5 Å². The van der Waals surface area contributed by atoms with Crippen molar-refractivity contribution in [2.45, 2.75) is 12.3 Å². The monoisotopic (exact) mass is 406 g/mol. The molecule has 0 amide bonds. The van der Waals surface area contributed by atoms with Crippen LogP contribution in [0.4, 0.5) is 26.3 Å². The lowest BCUT2D eigenvalue weighted by atomic mass is 10.1. The lowest BCUT2D eigenvalue weighted by Gasteiger charge is -2.19. The summed E-state index contributed by atoms with van der Waals surface area (Å²) in [6, 6.07) is 6.41. The predicted octanol–water partition coefficient (Wildman–Crippen LogP) is 4.99. The molecule has 0 unspecified atom stereocenters. The quantitative estimate of drug-likeness (QED) is 0.520. The fourth-order valence-electron chi connectivity index (χ4n) is 1.97. The van der Waals surface area contributed by atoms with Crippen molar-refractivity contribution in [2.24, 2.45) is 0 Å². The summed E-state index contributed by atoms with van der Waals surface area (Å²) in [7, 11) is 0. The summed E-state index contributed by atoms with van der Waals surface area (Å²) < 4.78 is 87.1. The molecule has 0 aliphatic rings. The van der Waals surface area contributed by atoms with Crippen LogP contribution in [-0.2, 0) is 10.9 Å². The van der Waals surface area contributed by atoms with Gasteiger partial charge >= 0.3 is 18.3 Å². The summed E-state index contributed by atoms with van der Waals surface area (Å²) >= 11 is 0. The van der Waals surface area contributed by atoms with Crippen LogP contribution in [0.1, 0.15) is 11.1 Å². The van der Waals surface area contributed by atoms with E-state index in [-0.39, 0.29) is 0 Å². The van der Waals surface area contributed by atoms with Crippen molar-refractivity contribution in [3.8, 4) is 11.5 Å². The smallest absolute Gasteiger partial charge is 0.426 e. The largest absolute Gasteiger partial charge is 0.484 e. The second-order valence-electron chi connectivity index (χ2n) is 5.41. The van der Waals surface area contributed by atoms with Gasteiger partial charge in [-0.1, -0.05) is 12.1 Å². The van der Waals surface area contributed by atoms with E-state index in [2.05, 4.69) is 9.47 Å². The Kier molecular flexibility index (Phi) is 6.22. The minimum absolute atomic E-state index is 0.333. The maximum atomic E-state index is 14.2. The summed E-state index contributed by atoms with van der Waals surface area (Å²) in [4.78, 5) is 10.4. The molecule has 10 heteroatoms. The van der Waals surface area contributed by atoms with Crippen LogP contribution in [0.3, 0.4) is 0 Å². The molecule has 150 valence electrons. The molecule has 1 N–H and O–H groups in total. The van der Waals surface area contributed by atoms with Crippen molar-refractivity contribution >= 4 is 12.0 Å². The first kappa shape index (κ1) is 21.1. The van der Waals surface area contributed by atoms with Gasteiger partial charge in [0.05, 0.1) is 5.56 Å². The predicted molar refractivity (Wildman–Crippen MR) is 85.6 cm³/mol. The van der Waals surface area contributed by atoms with E-state index in [1.165, 1.54) is 18.2 Å². The van der Waals surface area contributed by atoms with Crippen molar-refractivity contribution in [1.29, 1.82) is 0 Å². The highest BCUT2D eigenvalue weighted by atomic mass is 19.4. The van der Waals surface area contributed by atoms with Gasteiger partial charge in [0.1, 0.15) is 5.75 Å². The van der Waals surface area contributed by atoms with E-state index >= 15 is 0 Å². The zero-order valence-electron chi connectivity index (χ0n) is 13.8. The Morgan fingerprint density at radius 1 is 1.04 bits per heavy atom. The van der Waals surface area contributed by atoms with Crippen molar-refractivity contribution < 1.29 is 45.7 Å². The molecule has 2 rings (SSSR count). The third-order valence-electron chi connectivity index (χ3n) is 3.21. The van der Waals surface area contributed by atoms with E-state index in [0.29, 0.717) is 11.6 Å². The highest BCUT2D eigenvalue weighted by Gasteiger charge is 2.35. The molecule has 2 aromatic rings. The minimum Gasteiger partial charge on any atom is -0.484 e. The van der Waals surface area contributed by atoms with Gasteiger partial charge in [-0.3, -0.25) is 0 Å². The van der Waals surface area contributed by atoms with Crippen molar-refractivity contribution in [2.75, 3.05) is 6.61 Å². The zero-order chi connectivity index (χ0) is 20.9. The van der Waals surface area contributed by atoms with E-state index in [1.54, 1.807) is 0 Å². The molecule has 0 aromatic heterocycles. The minimum atomic E-state index is -4.63. The van der Waals surface area contributed by atoms with Gasteiger partial charge in [0.25, 0.3) is 0 Å². The first-order valence-corrected chi connectivity index (χ1v) is 7.54. The summed E-state index contributed by atoms with van der Waals surface area (Å²) in [6.45, 7) is -1.66. The van der Waals surface area contributed by atoms with Gasteiger partial charge in [-0.05, 0) is 35.9 Å². The molecule has 0 aliphatic carbocycles. The Hall–Kier alpha value is -3.17. The molecular weight excluding hydrogens is 394 g/mol. The molecule has 0 saturated carbocycles. The van der Waals surface area contributed by atoms with E-state index in [1.807, 2.05) is 0 Å². The lowest BCUT2D eigenvalue weighted by Crippen LogP contribution is -2.22. The fourth-order valence-corrected chi connectivity index (χ4v) is 1.97. The Morgan fingerprint density at radius 2 is 1.68 bits per heavy atom. The van der Waals surface area contributed by atoms with E-state index in [0.717, 1.165) is 30.3 Å². The number of carboxylic acids is 1. The van der Waals surface area contributed by atoms with E-state index < -0.39 is 47.7 Å². The Morgan fingerprint density at radius 3 is 2.21 bits per heavy atom. The fraction of sp³-hybridized carbons (Fsp3) is 0.167. The Balaban J connectivity index is 2.11. The van der Waals surface area contributed by atoms with E-state index in [4.69, 9.17) is 5.11 Å². The molecule has 0 fully saturated rings. The highest BCUT2D eigenvalue weighted by molar-refractivity contribution is 5.85. The maximum absolute atomic E-state index is 14.2. The molecule has 0 heterocycles. The van der Waals surface area contributed by atoms with Crippen molar-refractivity contribution in [1.82, 2.24) is 0 Å². The first-order chi connectivity index (χ1) is 13.0. The second kappa shape index (κ2) is 8.24. The second-order valence-corrected chi connectivity index (χ2v) is 5.41. The van der Waals surface area contributed by atoms with Gasteiger partial charge in [-0.2, -0.15) is 22.0 Å². The average Bonchev–Trinajstić information content (AvgIpc) is 2.60. The van der Waals surface area contributed by atoms with Crippen LogP contribution >= 0.6 is 0 Å². The van der Waals surface area contributed by atoms with Gasteiger partial charge in [-0.15, -0.1) is 0 Å². The van der Waals surface area contributed by atoms with Gasteiger partial charge in [0.2, 0.25) is 0 Å². The molecule has 2 aromatic carbocycles. The highest BCUT2D eigenvalue weighted by Crippen LogP contribution is 2.34. The molecule has 4 nitrogen and oxygen atoms in total. The van der Waals surface area contributed by atoms with Gasteiger partial charge < -0.3 is 14.6 Å². The summed E-state index contributed by atoms with van der Waals surface area (Å²) in [5.74, 6) is -3.93. The molecular formula is C18H12F6O4. The number of halogens is 6. The lowest BCUT2D eigenvalue weighted by molar-refractivity contribution is -0.187. The molecule has 0 bridgehead atoms. The third-order valence-corrected chi connectivity index (χ3v) is 3.21. The molecule has 28 heavy (non-hydrogen) atoms. The van der Waals surface area contributed by atoms with Gasteiger partial charge in [0, 0.05) is 12.1 Å². The Bertz CT molecular complexity index is 859. The van der Waals surface area contributed by atoms with Crippen LogP contribution in [0.2, 0.25) is 0 Å². The standard InChI is InChI=1S/C18H12F6O4/c19-14-9-13(27-10-17(20,21)22)6-7-15(14)28-18(23,24)12-4-1-11(2-5-12)3-8-16(25)26/h1-9H,10H2,(H,25,26)/b8-3+. The zero-order valence-corrected chi connectivity index (χ0v) is 13.8. The number of ether oxygens (including phenoxy) is 2. The van der Waals surface area contributed by atoms with Crippen LogP contribution in [0.25, 0.3) is 6.08 Å². The number of aliphatic carboxylic acids is 1. The topological polar surface area (TPSA) is 55.8 Å². The van der Waals surface area contributed by atoms with Crippen molar-refractivity contribution in [3.63, 3.8) is 0 Å².